The third-order valence-corrected chi connectivity index (χ3v) is 2.25. The molecule has 0 aromatic carbocycles. The van der Waals surface area contributed by atoms with E-state index in [1.807, 2.05) is 6.92 Å². The van der Waals surface area contributed by atoms with Gasteiger partial charge in [-0.25, -0.2) is 4.79 Å². The van der Waals surface area contributed by atoms with Crippen molar-refractivity contribution in [1.82, 2.24) is 14.8 Å². The summed E-state index contributed by atoms with van der Waals surface area (Å²) in [7, 11) is 0. The fraction of sp³-hybridized carbons (Fsp3) is 0.182. The maximum atomic E-state index is 11.1. The molecule has 0 amide bonds. The van der Waals surface area contributed by atoms with Gasteiger partial charge in [-0.15, -0.1) is 0 Å². The van der Waals surface area contributed by atoms with Crippen LogP contribution in [0.4, 0.5) is 0 Å². The first kappa shape index (κ1) is 10.4. The van der Waals surface area contributed by atoms with Crippen LogP contribution in [0.1, 0.15) is 17.3 Å². The third kappa shape index (κ3) is 1.79. The molecule has 5 heteroatoms. The van der Waals surface area contributed by atoms with E-state index >= 15 is 0 Å². The molecule has 0 aliphatic carbocycles. The van der Waals surface area contributed by atoms with Crippen LogP contribution >= 0.6 is 0 Å². The van der Waals surface area contributed by atoms with E-state index in [0.717, 1.165) is 0 Å². The van der Waals surface area contributed by atoms with Crippen LogP contribution in [-0.2, 0) is 6.54 Å². The Morgan fingerprint density at radius 2 is 2.38 bits per heavy atom. The summed E-state index contributed by atoms with van der Waals surface area (Å²) in [5, 5.41) is 13.3. The van der Waals surface area contributed by atoms with Gasteiger partial charge in [0.05, 0.1) is 0 Å². The average molecular weight is 217 g/mol. The molecule has 16 heavy (non-hydrogen) atoms. The number of carboxylic acids is 1. The van der Waals surface area contributed by atoms with Gasteiger partial charge in [0, 0.05) is 30.7 Å². The van der Waals surface area contributed by atoms with Crippen LogP contribution in [0.2, 0.25) is 0 Å². The Morgan fingerprint density at radius 3 is 2.94 bits per heavy atom. The van der Waals surface area contributed by atoms with Crippen molar-refractivity contribution >= 4 is 5.97 Å². The van der Waals surface area contributed by atoms with Gasteiger partial charge >= 0.3 is 5.97 Å². The van der Waals surface area contributed by atoms with Crippen LogP contribution in [-0.4, -0.2) is 25.8 Å². The van der Waals surface area contributed by atoms with E-state index in [1.165, 1.54) is 6.20 Å². The molecular weight excluding hydrogens is 206 g/mol. The van der Waals surface area contributed by atoms with Gasteiger partial charge in [-0.1, -0.05) is 0 Å². The molecule has 2 rings (SSSR count). The van der Waals surface area contributed by atoms with Crippen LogP contribution in [0.3, 0.4) is 0 Å². The van der Waals surface area contributed by atoms with Crippen LogP contribution < -0.4 is 0 Å². The van der Waals surface area contributed by atoms with E-state index in [9.17, 15) is 4.79 Å². The molecule has 2 aromatic heterocycles. The van der Waals surface area contributed by atoms with E-state index in [-0.39, 0.29) is 5.56 Å². The Hall–Kier alpha value is -2.17. The Bertz CT molecular complexity index is 505. The first-order valence-electron chi connectivity index (χ1n) is 4.93. The zero-order chi connectivity index (χ0) is 11.5. The smallest absolute Gasteiger partial charge is 0.339 e. The second-order valence-electron chi connectivity index (χ2n) is 3.29. The summed E-state index contributed by atoms with van der Waals surface area (Å²) >= 11 is 0. The summed E-state index contributed by atoms with van der Waals surface area (Å²) in [5.41, 5.74) is 1.38. The fourth-order valence-electron chi connectivity index (χ4n) is 1.46. The number of aromatic carboxylic acids is 1. The van der Waals surface area contributed by atoms with E-state index < -0.39 is 5.97 Å². The van der Waals surface area contributed by atoms with E-state index in [4.69, 9.17) is 5.11 Å². The monoisotopic (exact) mass is 217 g/mol. The first-order valence-corrected chi connectivity index (χ1v) is 4.93. The minimum Gasteiger partial charge on any atom is -0.478 e. The average Bonchev–Trinajstić information content (AvgIpc) is 2.74. The number of carboxylic acid groups (broad SMARTS) is 1. The predicted octanol–water partition coefficient (Wildman–Crippen LogP) is 1.66. The Labute approximate surface area is 92.4 Å². The number of aromatic nitrogens is 3. The second-order valence-corrected chi connectivity index (χ2v) is 3.29. The van der Waals surface area contributed by atoms with Crippen molar-refractivity contribution in [3.05, 3.63) is 36.3 Å². The maximum absolute atomic E-state index is 11.1. The van der Waals surface area contributed by atoms with E-state index in [0.29, 0.717) is 17.8 Å². The maximum Gasteiger partial charge on any atom is 0.339 e. The second kappa shape index (κ2) is 4.14. The Kier molecular flexibility index (Phi) is 2.68. The lowest BCUT2D eigenvalue weighted by Crippen LogP contribution is -1.96. The normalized spacial score (nSPS) is 10.3. The number of aryl methyl sites for hydroxylation is 1. The minimum absolute atomic E-state index is 0.204. The topological polar surface area (TPSA) is 68.0 Å². The summed E-state index contributed by atoms with van der Waals surface area (Å²) in [4.78, 5) is 15.0. The molecule has 0 aliphatic heterocycles. The predicted molar refractivity (Wildman–Crippen MR) is 58.1 cm³/mol. The van der Waals surface area contributed by atoms with Crippen molar-refractivity contribution in [2.24, 2.45) is 0 Å². The Balaban J connectivity index is 2.55. The number of hydrogen-bond acceptors (Lipinski definition) is 3. The molecule has 82 valence electrons. The summed E-state index contributed by atoms with van der Waals surface area (Å²) in [6.45, 7) is 2.55. The van der Waals surface area contributed by atoms with Gasteiger partial charge in [0.1, 0.15) is 11.3 Å². The summed E-state index contributed by atoms with van der Waals surface area (Å²) in [6.07, 6.45) is 4.78. The molecule has 0 atom stereocenters. The first-order chi connectivity index (χ1) is 7.72. The highest BCUT2D eigenvalue weighted by atomic mass is 16.4. The SMILES string of the molecule is CCn1cc(C(=O)O)c(-c2cccnc2)n1. The largest absolute Gasteiger partial charge is 0.478 e. The molecule has 0 saturated heterocycles. The van der Waals surface area contributed by atoms with Crippen LogP contribution in [0, 0.1) is 0 Å². The van der Waals surface area contributed by atoms with Crippen molar-refractivity contribution in [1.29, 1.82) is 0 Å². The quantitative estimate of drug-likeness (QED) is 0.849. The zero-order valence-electron chi connectivity index (χ0n) is 8.79. The summed E-state index contributed by atoms with van der Waals surface area (Å²) in [6, 6.07) is 3.55. The van der Waals surface area contributed by atoms with Crippen molar-refractivity contribution in [2.45, 2.75) is 13.5 Å². The molecule has 5 nitrogen and oxygen atoms in total. The number of rotatable bonds is 3. The molecule has 0 fully saturated rings. The highest BCUT2D eigenvalue weighted by Crippen LogP contribution is 2.20. The molecule has 0 unspecified atom stereocenters. The molecule has 0 bridgehead atoms. The van der Waals surface area contributed by atoms with Gasteiger partial charge in [0.25, 0.3) is 0 Å². The van der Waals surface area contributed by atoms with Crippen molar-refractivity contribution < 1.29 is 9.90 Å². The molecular formula is C11H11N3O2. The van der Waals surface area contributed by atoms with Gasteiger partial charge in [-0.2, -0.15) is 5.10 Å². The summed E-state index contributed by atoms with van der Waals surface area (Å²) in [5.74, 6) is -0.974. The fourth-order valence-corrected chi connectivity index (χ4v) is 1.46. The molecule has 0 spiro atoms. The molecule has 0 saturated carbocycles. The molecule has 2 heterocycles. The number of hydrogen-bond donors (Lipinski definition) is 1. The van der Waals surface area contributed by atoms with E-state index in [1.54, 1.807) is 29.2 Å². The van der Waals surface area contributed by atoms with Crippen LogP contribution in [0.5, 0.6) is 0 Å². The lowest BCUT2D eigenvalue weighted by Gasteiger charge is -1.96. The van der Waals surface area contributed by atoms with Gasteiger partial charge in [0.15, 0.2) is 0 Å². The number of carbonyl (C=O) groups is 1. The highest BCUT2D eigenvalue weighted by Gasteiger charge is 2.16. The van der Waals surface area contributed by atoms with Gasteiger partial charge in [-0.05, 0) is 19.1 Å². The van der Waals surface area contributed by atoms with Crippen LogP contribution in [0.25, 0.3) is 11.3 Å². The van der Waals surface area contributed by atoms with Crippen molar-refractivity contribution in [3.8, 4) is 11.3 Å². The lowest BCUT2D eigenvalue weighted by atomic mass is 10.1. The lowest BCUT2D eigenvalue weighted by molar-refractivity contribution is 0.0697. The molecule has 2 aromatic rings. The number of pyridine rings is 1. The molecule has 0 aliphatic rings. The molecule has 0 radical (unpaired) electrons. The standard InChI is InChI=1S/C11H11N3O2/c1-2-14-7-9(11(15)16)10(13-14)8-4-3-5-12-6-8/h3-7H,2H2,1H3,(H,15,16). The van der Waals surface area contributed by atoms with Gasteiger partial charge < -0.3 is 5.11 Å². The molecule has 1 N–H and O–H groups in total. The van der Waals surface area contributed by atoms with Gasteiger partial charge in [-0.3, -0.25) is 9.67 Å². The van der Waals surface area contributed by atoms with Crippen molar-refractivity contribution in [3.63, 3.8) is 0 Å². The number of nitrogens with zero attached hydrogens (tertiary/aromatic N) is 3. The van der Waals surface area contributed by atoms with Crippen molar-refractivity contribution in [2.75, 3.05) is 0 Å². The third-order valence-electron chi connectivity index (χ3n) is 2.25. The minimum atomic E-state index is -0.974. The zero-order valence-corrected chi connectivity index (χ0v) is 8.79. The summed E-state index contributed by atoms with van der Waals surface area (Å²) < 4.78 is 1.60. The Morgan fingerprint density at radius 1 is 1.56 bits per heavy atom. The van der Waals surface area contributed by atoms with E-state index in [2.05, 4.69) is 10.1 Å². The highest BCUT2D eigenvalue weighted by molar-refractivity contribution is 5.94. The van der Waals surface area contributed by atoms with Crippen LogP contribution in [0.15, 0.2) is 30.7 Å². The van der Waals surface area contributed by atoms with Gasteiger partial charge in [0.2, 0.25) is 0 Å².